The van der Waals surface area contributed by atoms with Crippen LogP contribution >= 0.6 is 0 Å². The second-order valence-corrected chi connectivity index (χ2v) is 7.47. The lowest BCUT2D eigenvalue weighted by Gasteiger charge is -2.16. The third-order valence-electron chi connectivity index (χ3n) is 4.11. The summed E-state index contributed by atoms with van der Waals surface area (Å²) in [6.07, 6.45) is 1.59. The summed E-state index contributed by atoms with van der Waals surface area (Å²) >= 11 is 0. The van der Waals surface area contributed by atoms with E-state index in [0.717, 1.165) is 10.9 Å². The van der Waals surface area contributed by atoms with Crippen molar-refractivity contribution in [2.45, 2.75) is 17.9 Å². The maximum absolute atomic E-state index is 12.9. The lowest BCUT2D eigenvalue weighted by Crippen LogP contribution is -2.27. The van der Waals surface area contributed by atoms with E-state index in [-0.39, 0.29) is 11.7 Å². The van der Waals surface area contributed by atoms with Crippen LogP contribution in [0, 0.1) is 0 Å². The van der Waals surface area contributed by atoms with Crippen LogP contribution in [0.1, 0.15) is 18.5 Å². The van der Waals surface area contributed by atoms with E-state index in [9.17, 15) is 8.42 Å². The Labute approximate surface area is 145 Å². The van der Waals surface area contributed by atoms with Crippen LogP contribution in [0.25, 0.3) is 10.9 Å². The summed E-state index contributed by atoms with van der Waals surface area (Å²) in [5, 5.41) is 0.779. The van der Waals surface area contributed by atoms with Crippen molar-refractivity contribution in [3.63, 3.8) is 0 Å². The second-order valence-electron chi connectivity index (χ2n) is 5.79. The molecule has 2 heterocycles. The van der Waals surface area contributed by atoms with E-state index in [2.05, 4.69) is 9.71 Å². The van der Waals surface area contributed by atoms with Crippen LogP contribution in [-0.2, 0) is 10.0 Å². The Kier molecular flexibility index (Phi) is 3.82. The van der Waals surface area contributed by atoms with Gasteiger partial charge in [-0.1, -0.05) is 24.3 Å². The molecule has 0 radical (unpaired) electrons. The van der Waals surface area contributed by atoms with Gasteiger partial charge in [0.2, 0.25) is 16.8 Å². The van der Waals surface area contributed by atoms with Crippen LogP contribution in [0.5, 0.6) is 11.5 Å². The van der Waals surface area contributed by atoms with Gasteiger partial charge in [-0.05, 0) is 36.8 Å². The monoisotopic (exact) mass is 356 g/mol. The molecule has 0 saturated heterocycles. The van der Waals surface area contributed by atoms with Crippen molar-refractivity contribution in [1.29, 1.82) is 0 Å². The Morgan fingerprint density at radius 2 is 1.88 bits per heavy atom. The normalized spacial score (nSPS) is 14.6. The zero-order valence-electron chi connectivity index (χ0n) is 13.5. The molecule has 1 aromatic heterocycles. The Bertz CT molecular complexity index is 1040. The number of fused-ring (bicyclic) bond motifs is 2. The minimum Gasteiger partial charge on any atom is -0.454 e. The summed E-state index contributed by atoms with van der Waals surface area (Å²) < 4.78 is 39.1. The summed E-state index contributed by atoms with van der Waals surface area (Å²) in [5.74, 6) is 1.28. The Morgan fingerprint density at radius 1 is 1.08 bits per heavy atom. The van der Waals surface area contributed by atoms with Crippen LogP contribution in [0.15, 0.2) is 59.6 Å². The Balaban J connectivity index is 1.66. The van der Waals surface area contributed by atoms with Crippen molar-refractivity contribution in [2.75, 3.05) is 6.79 Å². The molecule has 4 rings (SSSR count). The molecule has 6 nitrogen and oxygen atoms in total. The first-order chi connectivity index (χ1) is 12.0. The van der Waals surface area contributed by atoms with Crippen LogP contribution in [0.3, 0.4) is 0 Å². The topological polar surface area (TPSA) is 77.5 Å². The van der Waals surface area contributed by atoms with Gasteiger partial charge in [0.25, 0.3) is 0 Å². The van der Waals surface area contributed by atoms with Gasteiger partial charge in [-0.3, -0.25) is 4.98 Å². The molecule has 128 valence electrons. The van der Waals surface area contributed by atoms with E-state index < -0.39 is 16.1 Å². The molecule has 0 saturated carbocycles. The van der Waals surface area contributed by atoms with Gasteiger partial charge in [-0.2, -0.15) is 0 Å². The average Bonchev–Trinajstić information content (AvgIpc) is 3.08. The number of nitrogens with zero attached hydrogens (tertiary/aromatic N) is 1. The lowest BCUT2D eigenvalue weighted by atomic mass is 10.1. The highest BCUT2D eigenvalue weighted by Gasteiger charge is 2.23. The summed E-state index contributed by atoms with van der Waals surface area (Å²) in [7, 11) is -3.73. The molecule has 1 aliphatic heterocycles. The van der Waals surface area contributed by atoms with Gasteiger partial charge in [0.1, 0.15) is 4.90 Å². The van der Waals surface area contributed by atoms with Crippen LogP contribution in [-0.4, -0.2) is 20.2 Å². The predicted molar refractivity (Wildman–Crippen MR) is 93.0 cm³/mol. The minimum atomic E-state index is -3.73. The van der Waals surface area contributed by atoms with Crippen molar-refractivity contribution in [3.05, 3.63) is 60.3 Å². The number of pyridine rings is 1. The van der Waals surface area contributed by atoms with E-state index in [4.69, 9.17) is 9.47 Å². The van der Waals surface area contributed by atoms with Crippen LogP contribution in [0.2, 0.25) is 0 Å². The fourth-order valence-electron chi connectivity index (χ4n) is 2.84. The van der Waals surface area contributed by atoms with Gasteiger partial charge in [0.05, 0.1) is 5.52 Å². The zero-order valence-corrected chi connectivity index (χ0v) is 14.3. The molecule has 25 heavy (non-hydrogen) atoms. The largest absolute Gasteiger partial charge is 0.454 e. The third-order valence-corrected chi connectivity index (χ3v) is 5.69. The average molecular weight is 356 g/mol. The number of benzene rings is 2. The number of hydrogen-bond donors (Lipinski definition) is 1. The molecule has 0 spiro atoms. The molecule has 1 unspecified atom stereocenters. The number of nitrogens with one attached hydrogen (secondary N) is 1. The number of hydrogen-bond acceptors (Lipinski definition) is 5. The standard InChI is InChI=1S/C18H16N2O4S/c1-12(14-7-8-15-16(10-14)24-11-23-15)20-25(21,22)17-6-2-4-13-5-3-9-19-18(13)17/h2-10,12,20H,11H2,1H3. The first-order valence-electron chi connectivity index (χ1n) is 7.80. The minimum absolute atomic E-state index is 0.165. The van der Waals surface area contributed by atoms with E-state index in [0.29, 0.717) is 17.0 Å². The van der Waals surface area contributed by atoms with Crippen molar-refractivity contribution in [2.24, 2.45) is 0 Å². The Morgan fingerprint density at radius 3 is 2.76 bits per heavy atom. The number of sulfonamides is 1. The summed E-state index contributed by atoms with van der Waals surface area (Å²) in [4.78, 5) is 4.38. The van der Waals surface area contributed by atoms with E-state index >= 15 is 0 Å². The van der Waals surface area contributed by atoms with Crippen molar-refractivity contribution >= 4 is 20.9 Å². The summed E-state index contributed by atoms with van der Waals surface area (Å²) in [5.41, 5.74) is 1.25. The van der Waals surface area contributed by atoms with Gasteiger partial charge in [0.15, 0.2) is 11.5 Å². The van der Waals surface area contributed by atoms with Gasteiger partial charge in [0, 0.05) is 17.6 Å². The molecule has 0 amide bonds. The molecule has 0 bridgehead atoms. The van der Waals surface area contributed by atoms with Gasteiger partial charge < -0.3 is 9.47 Å². The fourth-order valence-corrected chi connectivity index (χ4v) is 4.25. The molecule has 2 aromatic carbocycles. The highest BCUT2D eigenvalue weighted by molar-refractivity contribution is 7.89. The molecular formula is C18H16N2O4S. The zero-order chi connectivity index (χ0) is 17.4. The maximum atomic E-state index is 12.9. The quantitative estimate of drug-likeness (QED) is 0.777. The maximum Gasteiger partial charge on any atom is 0.243 e. The fraction of sp³-hybridized carbons (Fsp3) is 0.167. The smallest absolute Gasteiger partial charge is 0.243 e. The molecule has 7 heteroatoms. The van der Waals surface area contributed by atoms with Gasteiger partial charge >= 0.3 is 0 Å². The van der Waals surface area contributed by atoms with E-state index in [1.165, 1.54) is 0 Å². The molecule has 1 aliphatic rings. The SMILES string of the molecule is CC(NS(=O)(=O)c1cccc2cccnc12)c1ccc2c(c1)OCO2. The summed E-state index contributed by atoms with van der Waals surface area (Å²) in [6, 6.07) is 13.7. The van der Waals surface area contributed by atoms with Crippen molar-refractivity contribution in [3.8, 4) is 11.5 Å². The molecule has 1 atom stereocenters. The molecule has 0 fully saturated rings. The van der Waals surface area contributed by atoms with Crippen molar-refractivity contribution in [1.82, 2.24) is 9.71 Å². The molecule has 3 aromatic rings. The number of ether oxygens (including phenoxy) is 2. The molecular weight excluding hydrogens is 340 g/mol. The predicted octanol–water partition coefficient (Wildman–Crippen LogP) is 3.00. The highest BCUT2D eigenvalue weighted by atomic mass is 32.2. The molecule has 0 aliphatic carbocycles. The Hall–Kier alpha value is -2.64. The third kappa shape index (κ3) is 2.92. The number of aromatic nitrogens is 1. The first kappa shape index (κ1) is 15.9. The first-order valence-corrected chi connectivity index (χ1v) is 9.28. The van der Waals surface area contributed by atoms with Crippen LogP contribution in [0.4, 0.5) is 0 Å². The lowest BCUT2D eigenvalue weighted by molar-refractivity contribution is 0.174. The van der Waals surface area contributed by atoms with Crippen molar-refractivity contribution < 1.29 is 17.9 Å². The number of rotatable bonds is 4. The highest BCUT2D eigenvalue weighted by Crippen LogP contribution is 2.34. The van der Waals surface area contributed by atoms with E-state index in [1.54, 1.807) is 43.5 Å². The van der Waals surface area contributed by atoms with Gasteiger partial charge in [-0.15, -0.1) is 0 Å². The van der Waals surface area contributed by atoms with E-state index in [1.807, 2.05) is 18.2 Å². The second kappa shape index (κ2) is 6.02. The van der Waals surface area contributed by atoms with Gasteiger partial charge in [-0.25, -0.2) is 13.1 Å². The number of para-hydroxylation sites is 1. The molecule has 1 N–H and O–H groups in total. The summed E-state index contributed by atoms with van der Waals surface area (Å²) in [6.45, 7) is 1.97. The van der Waals surface area contributed by atoms with Crippen LogP contribution < -0.4 is 14.2 Å².